The van der Waals surface area contributed by atoms with Crippen molar-refractivity contribution in [2.45, 2.75) is 13.8 Å². The van der Waals surface area contributed by atoms with Crippen molar-refractivity contribution in [1.82, 2.24) is 10.2 Å². The highest BCUT2D eigenvalue weighted by molar-refractivity contribution is 14.1. The van der Waals surface area contributed by atoms with Crippen molar-refractivity contribution in [1.29, 1.82) is 0 Å². The van der Waals surface area contributed by atoms with Crippen molar-refractivity contribution < 1.29 is 28.7 Å². The van der Waals surface area contributed by atoms with Crippen LogP contribution in [0.15, 0.2) is 48.2 Å². The minimum atomic E-state index is -0.672. The second kappa shape index (κ2) is 10.9. The third kappa shape index (κ3) is 6.54. The second-order valence-corrected chi connectivity index (χ2v) is 8.24. The Labute approximate surface area is 204 Å². The van der Waals surface area contributed by atoms with Gasteiger partial charge in [-0.2, -0.15) is 0 Å². The van der Waals surface area contributed by atoms with Crippen LogP contribution in [0.3, 0.4) is 0 Å². The quantitative estimate of drug-likeness (QED) is 0.221. The van der Waals surface area contributed by atoms with Gasteiger partial charge >= 0.3 is 12.0 Å². The number of nitrogens with one attached hydrogen (secondary N) is 2. The Hall–Kier alpha value is -3.41. The topological polar surface area (TPSA) is 114 Å². The first-order valence-electron chi connectivity index (χ1n) is 10.1. The molecule has 2 aromatic rings. The van der Waals surface area contributed by atoms with Crippen LogP contribution in [0.2, 0.25) is 0 Å². The zero-order chi connectivity index (χ0) is 24.0. The van der Waals surface area contributed by atoms with E-state index >= 15 is 0 Å². The number of carbonyl (C=O) groups excluding carboxylic acids is 4. The minimum Gasteiger partial charge on any atom is -0.481 e. The van der Waals surface area contributed by atoms with Crippen LogP contribution in [0.25, 0.3) is 6.08 Å². The molecule has 0 spiro atoms. The van der Waals surface area contributed by atoms with Gasteiger partial charge < -0.3 is 20.1 Å². The third-order valence-electron chi connectivity index (χ3n) is 4.52. The van der Waals surface area contributed by atoms with Crippen molar-refractivity contribution in [3.05, 3.63) is 62.9 Å². The standard InChI is InChI=1S/C23H22IN3O6/c1-3-32-21(29)13-33-19-9-6-15(10-17(19)24)11-18-22(30)27(23(31)26-18)12-20(28)25-16-7-4-14(2)5-8-16/h4-11H,3,12-13H2,1-2H3,(H,25,28)(H,26,31)/b18-11+. The van der Waals surface area contributed by atoms with E-state index in [1.807, 2.05) is 41.6 Å². The van der Waals surface area contributed by atoms with Gasteiger partial charge in [0.15, 0.2) is 6.61 Å². The van der Waals surface area contributed by atoms with Gasteiger partial charge in [-0.05, 0) is 72.3 Å². The molecule has 1 aliphatic rings. The predicted molar refractivity (Wildman–Crippen MR) is 129 cm³/mol. The Bertz CT molecular complexity index is 1110. The largest absolute Gasteiger partial charge is 0.481 e. The van der Waals surface area contributed by atoms with Crippen LogP contribution in [0.4, 0.5) is 10.5 Å². The summed E-state index contributed by atoms with van der Waals surface area (Å²) in [6, 6.07) is 11.6. The molecule has 2 aromatic carbocycles. The van der Waals surface area contributed by atoms with Crippen molar-refractivity contribution in [2.24, 2.45) is 0 Å². The van der Waals surface area contributed by atoms with E-state index in [2.05, 4.69) is 10.6 Å². The lowest BCUT2D eigenvalue weighted by atomic mass is 10.2. The summed E-state index contributed by atoms with van der Waals surface area (Å²) in [5.41, 5.74) is 2.31. The van der Waals surface area contributed by atoms with Crippen LogP contribution in [0.1, 0.15) is 18.1 Å². The van der Waals surface area contributed by atoms with Crippen molar-refractivity contribution in [3.63, 3.8) is 0 Å². The Morgan fingerprint density at radius 1 is 1.15 bits per heavy atom. The van der Waals surface area contributed by atoms with Gasteiger partial charge in [0.1, 0.15) is 18.0 Å². The number of aryl methyl sites for hydroxylation is 1. The maximum atomic E-state index is 12.7. The first-order valence-corrected chi connectivity index (χ1v) is 11.1. The van der Waals surface area contributed by atoms with E-state index in [4.69, 9.17) is 9.47 Å². The number of benzene rings is 2. The Balaban J connectivity index is 1.63. The van der Waals surface area contributed by atoms with E-state index in [-0.39, 0.29) is 18.9 Å². The molecule has 0 saturated carbocycles. The molecule has 9 nitrogen and oxygen atoms in total. The van der Waals surface area contributed by atoms with E-state index < -0.39 is 30.4 Å². The molecule has 172 valence electrons. The summed E-state index contributed by atoms with van der Waals surface area (Å²) < 4.78 is 11.0. The Morgan fingerprint density at radius 3 is 2.55 bits per heavy atom. The fourth-order valence-corrected chi connectivity index (χ4v) is 3.62. The van der Waals surface area contributed by atoms with Crippen LogP contribution in [0.5, 0.6) is 5.75 Å². The molecule has 0 bridgehead atoms. The van der Waals surface area contributed by atoms with Gasteiger partial charge in [-0.25, -0.2) is 14.5 Å². The number of carbonyl (C=O) groups is 4. The number of hydrogen-bond acceptors (Lipinski definition) is 6. The molecule has 1 saturated heterocycles. The molecular formula is C23H22IN3O6. The van der Waals surface area contributed by atoms with Crippen LogP contribution in [-0.4, -0.2) is 48.5 Å². The maximum absolute atomic E-state index is 12.7. The number of ether oxygens (including phenoxy) is 2. The molecule has 10 heteroatoms. The molecule has 0 atom stereocenters. The summed E-state index contributed by atoms with van der Waals surface area (Å²) >= 11 is 2.04. The smallest absolute Gasteiger partial charge is 0.344 e. The SMILES string of the molecule is CCOC(=O)COc1ccc(/C=C2/NC(=O)N(CC(=O)Nc3ccc(C)cc3)C2=O)cc1I. The molecule has 1 aliphatic heterocycles. The van der Waals surface area contributed by atoms with Gasteiger partial charge in [-0.15, -0.1) is 0 Å². The monoisotopic (exact) mass is 563 g/mol. The highest BCUT2D eigenvalue weighted by Gasteiger charge is 2.34. The molecule has 1 fully saturated rings. The number of hydrogen-bond donors (Lipinski definition) is 2. The summed E-state index contributed by atoms with van der Waals surface area (Å²) in [5.74, 6) is -1.06. The van der Waals surface area contributed by atoms with Gasteiger partial charge in [-0.1, -0.05) is 23.8 Å². The van der Waals surface area contributed by atoms with E-state index in [0.717, 1.165) is 10.5 Å². The minimum absolute atomic E-state index is 0.0547. The van der Waals surface area contributed by atoms with Crippen molar-refractivity contribution in [2.75, 3.05) is 25.1 Å². The molecule has 0 radical (unpaired) electrons. The van der Waals surface area contributed by atoms with E-state index in [1.165, 1.54) is 6.08 Å². The van der Waals surface area contributed by atoms with Crippen molar-refractivity contribution >= 4 is 58.2 Å². The Morgan fingerprint density at radius 2 is 1.88 bits per heavy atom. The summed E-state index contributed by atoms with van der Waals surface area (Å²) in [6.45, 7) is 3.30. The molecule has 4 amide bonds. The lowest BCUT2D eigenvalue weighted by molar-refractivity contribution is -0.145. The van der Waals surface area contributed by atoms with E-state index in [0.29, 0.717) is 20.6 Å². The van der Waals surface area contributed by atoms with Gasteiger partial charge in [-0.3, -0.25) is 9.59 Å². The van der Waals surface area contributed by atoms with Crippen LogP contribution < -0.4 is 15.4 Å². The fourth-order valence-electron chi connectivity index (χ4n) is 2.93. The zero-order valence-corrected chi connectivity index (χ0v) is 20.2. The first-order chi connectivity index (χ1) is 15.8. The number of imide groups is 1. The molecular weight excluding hydrogens is 541 g/mol. The van der Waals surface area contributed by atoms with Gasteiger partial charge in [0, 0.05) is 5.69 Å². The zero-order valence-electron chi connectivity index (χ0n) is 18.0. The number of amides is 4. The number of halogens is 1. The molecule has 1 heterocycles. The summed E-state index contributed by atoms with van der Waals surface area (Å²) in [6.07, 6.45) is 1.51. The molecule has 0 aromatic heterocycles. The summed E-state index contributed by atoms with van der Waals surface area (Å²) in [5, 5.41) is 5.15. The normalized spacial score (nSPS) is 14.3. The maximum Gasteiger partial charge on any atom is 0.344 e. The van der Waals surface area contributed by atoms with Crippen LogP contribution in [-0.2, 0) is 19.1 Å². The first kappa shape index (κ1) is 24.2. The molecule has 33 heavy (non-hydrogen) atoms. The van der Waals surface area contributed by atoms with Crippen molar-refractivity contribution in [3.8, 4) is 5.75 Å². The number of rotatable bonds is 8. The van der Waals surface area contributed by atoms with E-state index in [1.54, 1.807) is 37.3 Å². The molecule has 3 rings (SSSR count). The number of urea groups is 1. The highest BCUT2D eigenvalue weighted by Crippen LogP contribution is 2.24. The number of esters is 1. The van der Waals surface area contributed by atoms with E-state index in [9.17, 15) is 19.2 Å². The summed E-state index contributed by atoms with van der Waals surface area (Å²) in [7, 11) is 0. The van der Waals surface area contributed by atoms with Gasteiger partial charge in [0.2, 0.25) is 5.91 Å². The number of anilines is 1. The Kier molecular flexibility index (Phi) is 8.04. The molecule has 0 unspecified atom stereocenters. The van der Waals surface area contributed by atoms with Gasteiger partial charge in [0.05, 0.1) is 10.2 Å². The third-order valence-corrected chi connectivity index (χ3v) is 5.36. The van der Waals surface area contributed by atoms with Crippen LogP contribution in [0, 0.1) is 10.5 Å². The average molecular weight is 563 g/mol. The second-order valence-electron chi connectivity index (χ2n) is 7.08. The summed E-state index contributed by atoms with van der Waals surface area (Å²) in [4.78, 5) is 49.5. The predicted octanol–water partition coefficient (Wildman–Crippen LogP) is 3.07. The number of nitrogens with zero attached hydrogens (tertiary/aromatic N) is 1. The lowest BCUT2D eigenvalue weighted by Gasteiger charge is -2.12. The molecule has 0 aliphatic carbocycles. The van der Waals surface area contributed by atoms with Crippen LogP contribution >= 0.6 is 22.6 Å². The van der Waals surface area contributed by atoms with Gasteiger partial charge in [0.25, 0.3) is 5.91 Å². The lowest BCUT2D eigenvalue weighted by Crippen LogP contribution is -2.38. The fraction of sp³-hybridized carbons (Fsp3) is 0.217. The highest BCUT2D eigenvalue weighted by atomic mass is 127. The molecule has 2 N–H and O–H groups in total. The average Bonchev–Trinajstić information content (AvgIpc) is 3.02.